The van der Waals surface area contributed by atoms with Crippen LogP contribution in [0.5, 0.6) is 0 Å². The molecule has 3 rings (SSSR count). The number of guanidine groups is 1. The first-order valence-electron chi connectivity index (χ1n) is 9.05. The monoisotopic (exact) mass is 396 g/mol. The normalized spacial score (nSPS) is 26.1. The summed E-state index contributed by atoms with van der Waals surface area (Å²) in [6, 6.07) is 4.47. The van der Waals surface area contributed by atoms with Crippen LogP contribution in [0.4, 0.5) is 0 Å². The van der Waals surface area contributed by atoms with E-state index in [2.05, 4.69) is 27.1 Å². The van der Waals surface area contributed by atoms with Crippen LogP contribution < -0.4 is 10.6 Å². The van der Waals surface area contributed by atoms with Crippen LogP contribution >= 0.6 is 23.1 Å². The summed E-state index contributed by atoms with van der Waals surface area (Å²) in [6.45, 7) is 1.65. The molecule has 0 radical (unpaired) electrons. The minimum Gasteiger partial charge on any atom is -0.374 e. The summed E-state index contributed by atoms with van der Waals surface area (Å²) in [5.41, 5.74) is 0.0267. The molecule has 2 saturated heterocycles. The first-order chi connectivity index (χ1) is 12.6. The third-order valence-corrected chi connectivity index (χ3v) is 6.88. The van der Waals surface area contributed by atoms with Crippen LogP contribution in [0.1, 0.15) is 24.1 Å². The Morgan fingerprint density at radius 1 is 1.50 bits per heavy atom. The third-order valence-electron chi connectivity index (χ3n) is 4.78. The van der Waals surface area contributed by atoms with Crippen molar-refractivity contribution in [3.63, 3.8) is 0 Å². The second-order valence-electron chi connectivity index (χ2n) is 7.05. The molecule has 8 heteroatoms. The molecule has 1 aromatic rings. The summed E-state index contributed by atoms with van der Waals surface area (Å²) in [5.74, 6) is 2.97. The van der Waals surface area contributed by atoms with E-state index in [1.807, 2.05) is 17.8 Å². The van der Waals surface area contributed by atoms with Crippen molar-refractivity contribution in [1.29, 1.82) is 0 Å². The van der Waals surface area contributed by atoms with Gasteiger partial charge in [-0.25, -0.2) is 4.99 Å². The lowest BCUT2D eigenvalue weighted by atomic mass is 9.90. The van der Waals surface area contributed by atoms with Crippen molar-refractivity contribution >= 4 is 35.0 Å². The second-order valence-corrected chi connectivity index (χ2v) is 9.19. The van der Waals surface area contributed by atoms with Crippen LogP contribution in [0.25, 0.3) is 0 Å². The van der Waals surface area contributed by atoms with Gasteiger partial charge in [0.1, 0.15) is 6.54 Å². The van der Waals surface area contributed by atoms with Gasteiger partial charge < -0.3 is 20.3 Å². The lowest BCUT2D eigenvalue weighted by molar-refractivity contribution is -0.127. The number of thiophene rings is 1. The molecule has 1 aromatic heterocycles. The van der Waals surface area contributed by atoms with Crippen molar-refractivity contribution in [2.75, 3.05) is 38.8 Å². The number of likely N-dealkylation sites (N-methyl/N-ethyl adjacent to an activating group) is 1. The number of hydrogen-bond acceptors (Lipinski definition) is 5. The van der Waals surface area contributed by atoms with Crippen LogP contribution in [0, 0.1) is 0 Å². The van der Waals surface area contributed by atoms with Gasteiger partial charge in [0.15, 0.2) is 5.96 Å². The molecule has 0 aliphatic carbocycles. The molecule has 0 bridgehead atoms. The van der Waals surface area contributed by atoms with Gasteiger partial charge in [-0.15, -0.1) is 11.3 Å². The van der Waals surface area contributed by atoms with Crippen molar-refractivity contribution in [1.82, 2.24) is 15.5 Å². The zero-order valence-electron chi connectivity index (χ0n) is 15.5. The highest BCUT2D eigenvalue weighted by atomic mass is 32.2. The first-order valence-corrected chi connectivity index (χ1v) is 11.1. The van der Waals surface area contributed by atoms with Crippen LogP contribution in [-0.2, 0) is 16.1 Å². The van der Waals surface area contributed by atoms with Crippen molar-refractivity contribution in [3.8, 4) is 0 Å². The fraction of sp³-hybridized carbons (Fsp3) is 0.667. The van der Waals surface area contributed by atoms with Crippen LogP contribution in [0.15, 0.2) is 22.5 Å². The molecule has 2 aliphatic rings. The predicted molar refractivity (Wildman–Crippen MR) is 109 cm³/mol. The van der Waals surface area contributed by atoms with E-state index >= 15 is 0 Å². The number of ether oxygens (including phenoxy) is 1. The van der Waals surface area contributed by atoms with Gasteiger partial charge in [0.25, 0.3) is 0 Å². The molecule has 1 amide bonds. The molecular formula is C18H28N4O2S2. The maximum atomic E-state index is 11.9. The Balaban J connectivity index is 1.61. The number of aliphatic imine (C=N–C) groups is 1. The fourth-order valence-corrected chi connectivity index (χ4v) is 5.26. The van der Waals surface area contributed by atoms with Crippen LogP contribution in [0.3, 0.4) is 0 Å². The maximum absolute atomic E-state index is 11.9. The number of amides is 1. The van der Waals surface area contributed by atoms with Gasteiger partial charge in [0.05, 0.1) is 12.1 Å². The molecule has 0 aromatic carbocycles. The molecule has 6 nitrogen and oxygen atoms in total. The van der Waals surface area contributed by atoms with Crippen molar-refractivity contribution < 1.29 is 9.53 Å². The van der Waals surface area contributed by atoms with Crippen molar-refractivity contribution in [2.24, 2.45) is 4.99 Å². The lowest BCUT2D eigenvalue weighted by Gasteiger charge is -2.38. The molecule has 2 fully saturated rings. The Hall–Kier alpha value is -1.25. The number of carbonyl (C=O) groups excluding carboxylic acids is 1. The second kappa shape index (κ2) is 9.10. The van der Waals surface area contributed by atoms with Gasteiger partial charge in [0, 0.05) is 37.4 Å². The summed E-state index contributed by atoms with van der Waals surface area (Å²) < 4.78 is 6.11. The zero-order chi connectivity index (χ0) is 18.4. The van der Waals surface area contributed by atoms with Crippen molar-refractivity contribution in [2.45, 2.75) is 37.5 Å². The van der Waals surface area contributed by atoms with E-state index in [0.717, 1.165) is 31.6 Å². The predicted octanol–water partition coefficient (Wildman–Crippen LogP) is 1.93. The molecule has 2 unspecified atom stereocenters. The summed E-state index contributed by atoms with van der Waals surface area (Å²) in [4.78, 5) is 19.2. The Bertz CT molecular complexity index is 613. The number of rotatable bonds is 5. The van der Waals surface area contributed by atoms with Gasteiger partial charge in [-0.2, -0.15) is 11.8 Å². The van der Waals surface area contributed by atoms with E-state index in [4.69, 9.17) is 4.74 Å². The Morgan fingerprint density at radius 2 is 2.38 bits per heavy atom. The smallest absolute Gasteiger partial charge is 0.243 e. The highest BCUT2D eigenvalue weighted by molar-refractivity contribution is 7.99. The van der Waals surface area contributed by atoms with E-state index in [9.17, 15) is 4.79 Å². The minimum absolute atomic E-state index is 0.00198. The number of thioether (sulfide) groups is 1. The summed E-state index contributed by atoms with van der Waals surface area (Å²) in [6.07, 6.45) is 3.10. The van der Waals surface area contributed by atoms with Gasteiger partial charge in [0.2, 0.25) is 5.91 Å². The van der Waals surface area contributed by atoms with E-state index in [1.54, 1.807) is 30.3 Å². The standard InChI is InChI=1S/C18H28N4O2S2/c1-22(2)16(23)12-20-17(19-11-15-4-3-8-26-15)21-14-5-7-24-18(10-14)6-9-25-13-18/h3-4,8,14H,5-7,9-13H2,1-2H3,(H2,19,20,21). The topological polar surface area (TPSA) is 66.0 Å². The zero-order valence-corrected chi connectivity index (χ0v) is 17.1. The fourth-order valence-electron chi connectivity index (χ4n) is 3.23. The molecule has 2 N–H and O–H groups in total. The Labute approximate surface area is 163 Å². The quantitative estimate of drug-likeness (QED) is 0.588. The molecule has 144 valence electrons. The third kappa shape index (κ3) is 5.37. The summed E-state index contributed by atoms with van der Waals surface area (Å²) in [5, 5.41) is 8.99. The number of nitrogens with one attached hydrogen (secondary N) is 2. The van der Waals surface area contributed by atoms with E-state index in [0.29, 0.717) is 18.5 Å². The first kappa shape index (κ1) is 19.5. The lowest BCUT2D eigenvalue weighted by Crippen LogP contribution is -2.51. The number of nitrogens with zero attached hydrogens (tertiary/aromatic N) is 2. The highest BCUT2D eigenvalue weighted by Gasteiger charge is 2.40. The number of carbonyl (C=O) groups is 1. The summed E-state index contributed by atoms with van der Waals surface area (Å²) in [7, 11) is 3.51. The number of hydrogen-bond donors (Lipinski definition) is 2. The molecular weight excluding hydrogens is 368 g/mol. The van der Waals surface area contributed by atoms with Crippen LogP contribution in [0.2, 0.25) is 0 Å². The molecule has 26 heavy (non-hydrogen) atoms. The minimum atomic E-state index is -0.00198. The van der Waals surface area contributed by atoms with Crippen LogP contribution in [-0.4, -0.2) is 67.2 Å². The molecule has 2 atom stereocenters. The van der Waals surface area contributed by atoms with Crippen molar-refractivity contribution in [3.05, 3.63) is 22.4 Å². The van der Waals surface area contributed by atoms with Gasteiger partial charge in [-0.3, -0.25) is 4.79 Å². The average molecular weight is 397 g/mol. The average Bonchev–Trinajstić information content (AvgIpc) is 3.29. The largest absolute Gasteiger partial charge is 0.374 e. The van der Waals surface area contributed by atoms with E-state index in [-0.39, 0.29) is 18.1 Å². The van der Waals surface area contributed by atoms with E-state index in [1.165, 1.54) is 10.6 Å². The molecule has 1 spiro atoms. The Morgan fingerprint density at radius 3 is 3.08 bits per heavy atom. The Kier molecular flexibility index (Phi) is 6.83. The molecule has 0 saturated carbocycles. The SMILES string of the molecule is CN(C)C(=O)CN=C(NCc1cccs1)NC1CCOC2(CCSC2)C1. The summed E-state index contributed by atoms with van der Waals surface area (Å²) >= 11 is 3.69. The van der Waals surface area contributed by atoms with Gasteiger partial charge in [-0.05, 0) is 36.5 Å². The maximum Gasteiger partial charge on any atom is 0.243 e. The molecule has 2 aliphatic heterocycles. The molecule has 3 heterocycles. The van der Waals surface area contributed by atoms with E-state index < -0.39 is 0 Å². The van der Waals surface area contributed by atoms with Gasteiger partial charge >= 0.3 is 0 Å². The van der Waals surface area contributed by atoms with Gasteiger partial charge in [-0.1, -0.05) is 6.07 Å². The highest BCUT2D eigenvalue weighted by Crippen LogP contribution is 2.38.